The molecule has 0 aromatic heterocycles. The summed E-state index contributed by atoms with van der Waals surface area (Å²) in [6, 6.07) is 8.01. The fourth-order valence-electron chi connectivity index (χ4n) is 3.07. The SMILES string of the molecule is COc1ccc(CCN(C(N)=O)[C@H]2CC[C@H](C)CC2)cc1. The number of hydrogen-bond donors (Lipinski definition) is 1. The maximum absolute atomic E-state index is 11.7. The van der Waals surface area contributed by atoms with E-state index < -0.39 is 0 Å². The smallest absolute Gasteiger partial charge is 0.315 e. The number of hydrogen-bond acceptors (Lipinski definition) is 2. The van der Waals surface area contributed by atoms with E-state index in [0.29, 0.717) is 12.6 Å². The number of primary amides is 1. The van der Waals surface area contributed by atoms with Gasteiger partial charge in [0.2, 0.25) is 0 Å². The summed E-state index contributed by atoms with van der Waals surface area (Å²) < 4.78 is 5.15. The lowest BCUT2D eigenvalue weighted by Gasteiger charge is -2.35. The van der Waals surface area contributed by atoms with Crippen molar-refractivity contribution < 1.29 is 9.53 Å². The summed E-state index contributed by atoms with van der Waals surface area (Å²) in [7, 11) is 1.66. The summed E-state index contributed by atoms with van der Waals surface area (Å²) >= 11 is 0. The molecule has 0 atom stereocenters. The number of methoxy groups -OCH3 is 1. The average Bonchev–Trinajstić information content (AvgIpc) is 2.49. The van der Waals surface area contributed by atoms with E-state index in [0.717, 1.165) is 30.9 Å². The second-order valence-electron chi connectivity index (χ2n) is 6.04. The average molecular weight is 290 g/mol. The molecule has 0 unspecified atom stereocenters. The molecule has 0 spiro atoms. The minimum Gasteiger partial charge on any atom is -0.497 e. The zero-order valence-electron chi connectivity index (χ0n) is 13.0. The lowest BCUT2D eigenvalue weighted by molar-refractivity contribution is 0.154. The van der Waals surface area contributed by atoms with E-state index in [1.54, 1.807) is 7.11 Å². The predicted molar refractivity (Wildman–Crippen MR) is 84.4 cm³/mol. The largest absolute Gasteiger partial charge is 0.497 e. The summed E-state index contributed by atoms with van der Waals surface area (Å²) in [5.41, 5.74) is 6.78. The molecule has 2 N–H and O–H groups in total. The second kappa shape index (κ2) is 7.34. The number of benzene rings is 1. The number of nitrogens with two attached hydrogens (primary N) is 1. The van der Waals surface area contributed by atoms with Gasteiger partial charge in [-0.15, -0.1) is 0 Å². The van der Waals surface area contributed by atoms with Crippen LogP contribution in [0.15, 0.2) is 24.3 Å². The zero-order chi connectivity index (χ0) is 15.2. The topological polar surface area (TPSA) is 55.6 Å². The first kappa shape index (κ1) is 15.7. The molecule has 2 amide bonds. The fourth-order valence-corrected chi connectivity index (χ4v) is 3.07. The Morgan fingerprint density at radius 1 is 1.24 bits per heavy atom. The molecule has 116 valence electrons. The maximum Gasteiger partial charge on any atom is 0.315 e. The summed E-state index contributed by atoms with van der Waals surface area (Å²) in [4.78, 5) is 13.6. The minimum atomic E-state index is -0.289. The Morgan fingerprint density at radius 2 is 1.86 bits per heavy atom. The second-order valence-corrected chi connectivity index (χ2v) is 6.04. The molecule has 0 aliphatic heterocycles. The third kappa shape index (κ3) is 4.38. The van der Waals surface area contributed by atoms with Gasteiger partial charge in [0.05, 0.1) is 7.11 Å². The molecule has 4 nitrogen and oxygen atoms in total. The molecule has 1 aromatic carbocycles. The summed E-state index contributed by atoms with van der Waals surface area (Å²) in [6.45, 7) is 2.98. The molecule has 1 saturated carbocycles. The summed E-state index contributed by atoms with van der Waals surface area (Å²) in [5.74, 6) is 1.63. The van der Waals surface area contributed by atoms with E-state index in [-0.39, 0.29) is 6.03 Å². The van der Waals surface area contributed by atoms with Crippen LogP contribution in [-0.2, 0) is 6.42 Å². The van der Waals surface area contributed by atoms with Gasteiger partial charge in [0, 0.05) is 12.6 Å². The monoisotopic (exact) mass is 290 g/mol. The molecule has 0 saturated heterocycles. The van der Waals surface area contributed by atoms with Gasteiger partial charge >= 0.3 is 6.03 Å². The van der Waals surface area contributed by atoms with Crippen LogP contribution in [0, 0.1) is 5.92 Å². The number of carbonyl (C=O) groups excluding carboxylic acids is 1. The Kier molecular flexibility index (Phi) is 5.48. The zero-order valence-corrected chi connectivity index (χ0v) is 13.0. The van der Waals surface area contributed by atoms with Crippen LogP contribution in [0.25, 0.3) is 0 Å². The molecule has 4 heteroatoms. The van der Waals surface area contributed by atoms with Gasteiger partial charge in [-0.2, -0.15) is 0 Å². The number of carbonyl (C=O) groups is 1. The lowest BCUT2D eigenvalue weighted by Crippen LogP contribution is -2.46. The van der Waals surface area contributed by atoms with Crippen molar-refractivity contribution in [3.8, 4) is 5.75 Å². The lowest BCUT2D eigenvalue weighted by atomic mass is 9.86. The number of amides is 2. The van der Waals surface area contributed by atoms with Gasteiger partial charge in [-0.25, -0.2) is 4.79 Å². The highest BCUT2D eigenvalue weighted by Crippen LogP contribution is 2.27. The van der Waals surface area contributed by atoms with E-state index in [9.17, 15) is 4.79 Å². The highest BCUT2D eigenvalue weighted by atomic mass is 16.5. The van der Waals surface area contributed by atoms with Crippen molar-refractivity contribution in [1.82, 2.24) is 4.90 Å². The maximum atomic E-state index is 11.7. The van der Waals surface area contributed by atoms with Crippen molar-refractivity contribution in [1.29, 1.82) is 0 Å². The molecule has 1 aliphatic carbocycles. The molecule has 1 aliphatic rings. The van der Waals surface area contributed by atoms with Crippen LogP contribution in [0.3, 0.4) is 0 Å². The molecule has 0 radical (unpaired) electrons. The van der Waals surface area contributed by atoms with Crippen LogP contribution in [-0.4, -0.2) is 30.6 Å². The van der Waals surface area contributed by atoms with Gasteiger partial charge in [0.25, 0.3) is 0 Å². The first-order valence-corrected chi connectivity index (χ1v) is 7.79. The van der Waals surface area contributed by atoms with Gasteiger partial charge in [-0.3, -0.25) is 0 Å². The van der Waals surface area contributed by atoms with Crippen molar-refractivity contribution in [3.05, 3.63) is 29.8 Å². The van der Waals surface area contributed by atoms with Crippen LogP contribution in [0.5, 0.6) is 5.75 Å². The van der Waals surface area contributed by atoms with Crippen molar-refractivity contribution in [3.63, 3.8) is 0 Å². The molecule has 2 rings (SSSR count). The van der Waals surface area contributed by atoms with Crippen molar-refractivity contribution in [2.75, 3.05) is 13.7 Å². The molecular weight excluding hydrogens is 264 g/mol. The molecule has 1 aromatic rings. The Morgan fingerprint density at radius 3 is 2.38 bits per heavy atom. The molecule has 21 heavy (non-hydrogen) atoms. The van der Waals surface area contributed by atoms with E-state index in [2.05, 4.69) is 6.92 Å². The van der Waals surface area contributed by atoms with Crippen LogP contribution in [0.1, 0.15) is 38.2 Å². The first-order valence-electron chi connectivity index (χ1n) is 7.79. The normalized spacial score (nSPS) is 21.8. The summed E-state index contributed by atoms with van der Waals surface area (Å²) in [6.07, 6.45) is 5.37. The van der Waals surface area contributed by atoms with E-state index in [1.807, 2.05) is 29.2 Å². The van der Waals surface area contributed by atoms with E-state index >= 15 is 0 Å². The highest BCUT2D eigenvalue weighted by molar-refractivity contribution is 5.72. The van der Waals surface area contributed by atoms with E-state index in [4.69, 9.17) is 10.5 Å². The number of ether oxygens (including phenoxy) is 1. The molecular formula is C17H26N2O2. The summed E-state index contributed by atoms with van der Waals surface area (Å²) in [5, 5.41) is 0. The van der Waals surface area contributed by atoms with Crippen LogP contribution in [0.2, 0.25) is 0 Å². The van der Waals surface area contributed by atoms with Crippen molar-refractivity contribution in [2.24, 2.45) is 11.7 Å². The first-order chi connectivity index (χ1) is 10.1. The Balaban J connectivity index is 1.91. The van der Waals surface area contributed by atoms with Gasteiger partial charge in [-0.1, -0.05) is 19.1 Å². The quantitative estimate of drug-likeness (QED) is 0.905. The third-order valence-corrected chi connectivity index (χ3v) is 4.51. The van der Waals surface area contributed by atoms with Crippen molar-refractivity contribution in [2.45, 2.75) is 45.1 Å². The number of nitrogens with zero attached hydrogens (tertiary/aromatic N) is 1. The van der Waals surface area contributed by atoms with Gasteiger partial charge in [-0.05, 0) is 55.7 Å². The molecule has 1 fully saturated rings. The van der Waals surface area contributed by atoms with Crippen LogP contribution in [0.4, 0.5) is 4.79 Å². The number of urea groups is 1. The fraction of sp³-hybridized carbons (Fsp3) is 0.588. The van der Waals surface area contributed by atoms with Gasteiger partial charge in [0.15, 0.2) is 0 Å². The molecule has 0 heterocycles. The Hall–Kier alpha value is -1.71. The Labute approximate surface area is 127 Å². The van der Waals surface area contributed by atoms with Crippen molar-refractivity contribution >= 4 is 6.03 Å². The molecule has 0 bridgehead atoms. The van der Waals surface area contributed by atoms with E-state index in [1.165, 1.54) is 18.4 Å². The highest BCUT2D eigenvalue weighted by Gasteiger charge is 2.25. The van der Waals surface area contributed by atoms with Crippen LogP contribution >= 0.6 is 0 Å². The van der Waals surface area contributed by atoms with Gasteiger partial charge < -0.3 is 15.4 Å². The predicted octanol–water partition coefficient (Wildman–Crippen LogP) is 3.20. The number of rotatable bonds is 5. The minimum absolute atomic E-state index is 0.289. The third-order valence-electron chi connectivity index (χ3n) is 4.51. The standard InChI is InChI=1S/C17H26N2O2/c1-13-3-7-15(8-4-13)19(17(18)20)12-11-14-5-9-16(21-2)10-6-14/h5-6,9-10,13,15H,3-4,7-8,11-12H2,1-2H3,(H2,18,20)/t13-,15-. The van der Waals surface area contributed by atoms with Gasteiger partial charge in [0.1, 0.15) is 5.75 Å². The Bertz CT molecular complexity index is 450. The van der Waals surface area contributed by atoms with Crippen LogP contribution < -0.4 is 10.5 Å².